The summed E-state index contributed by atoms with van der Waals surface area (Å²) >= 11 is 1.95. The van der Waals surface area contributed by atoms with E-state index in [1.807, 2.05) is 22.6 Å². The van der Waals surface area contributed by atoms with Crippen molar-refractivity contribution in [1.82, 2.24) is 0 Å². The van der Waals surface area contributed by atoms with Crippen LogP contribution in [0.4, 0.5) is 5.69 Å². The minimum absolute atomic E-state index is 0.00551. The molecule has 0 spiro atoms. The number of aryl methyl sites for hydroxylation is 1. The van der Waals surface area contributed by atoms with Gasteiger partial charge in [-0.2, -0.15) is 0 Å². The molecule has 0 aliphatic rings. The van der Waals surface area contributed by atoms with Gasteiger partial charge in [0.25, 0.3) is 5.91 Å². The van der Waals surface area contributed by atoms with Gasteiger partial charge in [0.2, 0.25) is 0 Å². The van der Waals surface area contributed by atoms with Gasteiger partial charge in [0.1, 0.15) is 5.75 Å². The van der Waals surface area contributed by atoms with Crippen molar-refractivity contribution in [3.63, 3.8) is 0 Å². The molecule has 0 atom stereocenters. The number of anilines is 1. The normalized spacial score (nSPS) is 10.2. The van der Waals surface area contributed by atoms with E-state index in [0.29, 0.717) is 9.13 Å². The van der Waals surface area contributed by atoms with Gasteiger partial charge in [0, 0.05) is 5.56 Å². The minimum Gasteiger partial charge on any atom is -0.507 e. The van der Waals surface area contributed by atoms with Crippen LogP contribution >= 0.6 is 22.6 Å². The lowest BCUT2D eigenvalue weighted by atomic mass is 10.1. The number of carbonyl (C=O) groups excluding carboxylic acids is 1. The van der Waals surface area contributed by atoms with Crippen LogP contribution in [0.1, 0.15) is 26.3 Å². The smallest absolute Gasteiger partial charge is 0.338 e. The van der Waals surface area contributed by atoms with Gasteiger partial charge in [0.05, 0.1) is 14.8 Å². The molecule has 0 aliphatic carbocycles. The van der Waals surface area contributed by atoms with Gasteiger partial charge in [-0.25, -0.2) is 4.79 Å². The molecule has 21 heavy (non-hydrogen) atoms. The molecular formula is C15H12INO4. The van der Waals surface area contributed by atoms with Crippen LogP contribution in [0.25, 0.3) is 0 Å². The predicted molar refractivity (Wildman–Crippen MR) is 86.9 cm³/mol. The molecule has 2 aromatic rings. The maximum absolute atomic E-state index is 12.1. The average Bonchev–Trinajstić information content (AvgIpc) is 2.41. The van der Waals surface area contributed by atoms with Crippen LogP contribution < -0.4 is 5.32 Å². The number of phenols is 1. The van der Waals surface area contributed by atoms with E-state index >= 15 is 0 Å². The van der Waals surface area contributed by atoms with Crippen LogP contribution in [0.15, 0.2) is 36.4 Å². The Kier molecular flexibility index (Phi) is 4.46. The number of phenolic OH excluding ortho intramolecular Hbond substituents is 1. The van der Waals surface area contributed by atoms with Crippen LogP contribution in [-0.4, -0.2) is 22.1 Å². The Hall–Kier alpha value is -2.09. The molecule has 0 bridgehead atoms. The number of hydrogen-bond acceptors (Lipinski definition) is 3. The quantitative estimate of drug-likeness (QED) is 0.695. The molecule has 0 aromatic heterocycles. The van der Waals surface area contributed by atoms with Crippen LogP contribution in [0, 0.1) is 10.5 Å². The number of halogens is 1. The molecule has 0 heterocycles. The van der Waals surface area contributed by atoms with E-state index in [2.05, 4.69) is 5.32 Å². The molecule has 6 heteroatoms. The Morgan fingerprint density at radius 1 is 1.19 bits per heavy atom. The highest BCUT2D eigenvalue weighted by Crippen LogP contribution is 2.23. The summed E-state index contributed by atoms with van der Waals surface area (Å²) in [5, 5.41) is 21.4. The van der Waals surface area contributed by atoms with Gasteiger partial charge >= 0.3 is 5.97 Å². The average molecular weight is 397 g/mol. The van der Waals surface area contributed by atoms with E-state index in [0.717, 1.165) is 0 Å². The van der Waals surface area contributed by atoms with Crippen molar-refractivity contribution in [3.05, 3.63) is 56.7 Å². The maximum atomic E-state index is 12.1. The van der Waals surface area contributed by atoms with E-state index in [4.69, 9.17) is 0 Å². The molecular weight excluding hydrogens is 385 g/mol. The van der Waals surface area contributed by atoms with E-state index < -0.39 is 11.9 Å². The highest BCUT2D eigenvalue weighted by atomic mass is 127. The number of carboxylic acid groups (broad SMARTS) is 1. The van der Waals surface area contributed by atoms with Gasteiger partial charge in [-0.3, -0.25) is 4.79 Å². The summed E-state index contributed by atoms with van der Waals surface area (Å²) in [5.74, 6) is -1.57. The minimum atomic E-state index is -1.10. The third-order valence-electron chi connectivity index (χ3n) is 2.94. The number of aromatic hydroxyl groups is 1. The Bertz CT molecular complexity index is 728. The molecule has 0 saturated carbocycles. The maximum Gasteiger partial charge on any atom is 0.338 e. The van der Waals surface area contributed by atoms with E-state index in [1.165, 1.54) is 12.1 Å². The summed E-state index contributed by atoms with van der Waals surface area (Å²) in [6.45, 7) is 1.66. The monoisotopic (exact) mass is 397 g/mol. The van der Waals surface area contributed by atoms with E-state index in [9.17, 15) is 19.8 Å². The lowest BCUT2D eigenvalue weighted by Gasteiger charge is -2.11. The predicted octanol–water partition coefficient (Wildman–Crippen LogP) is 3.26. The van der Waals surface area contributed by atoms with Gasteiger partial charge in [-0.15, -0.1) is 0 Å². The number of hydrogen-bond donors (Lipinski definition) is 3. The van der Waals surface area contributed by atoms with Crippen LogP contribution in [0.5, 0.6) is 5.75 Å². The zero-order valence-corrected chi connectivity index (χ0v) is 13.2. The number of aromatic carboxylic acids is 1. The molecule has 3 N–H and O–H groups in total. The van der Waals surface area contributed by atoms with Crippen LogP contribution in [0.2, 0.25) is 0 Å². The standard InChI is InChI=1S/C15H12INO4/c1-8-3-2-4-11(13(8)15(20)21)17-14(19)9-5-6-10(16)12(18)7-9/h2-7,18H,1H3,(H,17,19)(H,20,21). The number of rotatable bonds is 3. The number of carboxylic acids is 1. The first-order valence-corrected chi connectivity index (χ1v) is 7.11. The van der Waals surface area contributed by atoms with Crippen molar-refractivity contribution in [2.75, 3.05) is 5.32 Å². The highest BCUT2D eigenvalue weighted by molar-refractivity contribution is 14.1. The molecule has 0 aliphatic heterocycles. The van der Waals surface area contributed by atoms with Crippen molar-refractivity contribution < 1.29 is 19.8 Å². The topological polar surface area (TPSA) is 86.6 Å². The lowest BCUT2D eigenvalue weighted by Crippen LogP contribution is -2.15. The third kappa shape index (κ3) is 3.33. The number of amides is 1. The summed E-state index contributed by atoms with van der Waals surface area (Å²) in [6, 6.07) is 9.37. The fourth-order valence-electron chi connectivity index (χ4n) is 1.90. The van der Waals surface area contributed by atoms with Crippen molar-refractivity contribution in [2.45, 2.75) is 6.92 Å². The van der Waals surface area contributed by atoms with Crippen molar-refractivity contribution in [1.29, 1.82) is 0 Å². The zero-order valence-electron chi connectivity index (χ0n) is 11.1. The first-order chi connectivity index (χ1) is 9.90. The summed E-state index contributed by atoms with van der Waals surface area (Å²) < 4.78 is 0.630. The van der Waals surface area contributed by atoms with Gasteiger partial charge in [0.15, 0.2) is 0 Å². The fourth-order valence-corrected chi connectivity index (χ4v) is 2.24. The first-order valence-electron chi connectivity index (χ1n) is 6.03. The second kappa shape index (κ2) is 6.13. The van der Waals surface area contributed by atoms with Gasteiger partial charge < -0.3 is 15.5 Å². The first kappa shape index (κ1) is 15.3. The molecule has 0 unspecified atom stereocenters. The summed E-state index contributed by atoms with van der Waals surface area (Å²) in [4.78, 5) is 23.4. The lowest BCUT2D eigenvalue weighted by molar-refractivity contribution is 0.0697. The number of benzene rings is 2. The Labute approximate surface area is 134 Å². The molecule has 108 valence electrons. The molecule has 5 nitrogen and oxygen atoms in total. The van der Waals surface area contributed by atoms with Gasteiger partial charge in [-0.05, 0) is 59.3 Å². The summed E-state index contributed by atoms with van der Waals surface area (Å²) in [7, 11) is 0. The molecule has 1 amide bonds. The van der Waals surface area contributed by atoms with Crippen molar-refractivity contribution in [3.8, 4) is 5.75 Å². The Morgan fingerprint density at radius 3 is 2.52 bits per heavy atom. The Balaban J connectivity index is 2.34. The van der Waals surface area contributed by atoms with Crippen molar-refractivity contribution in [2.24, 2.45) is 0 Å². The van der Waals surface area contributed by atoms with Crippen molar-refractivity contribution >= 4 is 40.2 Å². The second-order valence-electron chi connectivity index (χ2n) is 4.42. The molecule has 0 radical (unpaired) electrons. The Morgan fingerprint density at radius 2 is 1.90 bits per heavy atom. The summed E-state index contributed by atoms with van der Waals surface area (Å²) in [5.41, 5.74) is 1.10. The van der Waals surface area contributed by atoms with Crippen LogP contribution in [0.3, 0.4) is 0 Å². The second-order valence-corrected chi connectivity index (χ2v) is 5.59. The molecule has 0 fully saturated rings. The zero-order chi connectivity index (χ0) is 15.6. The largest absolute Gasteiger partial charge is 0.507 e. The van der Waals surface area contributed by atoms with E-state index in [1.54, 1.807) is 31.2 Å². The fraction of sp³-hybridized carbons (Fsp3) is 0.0667. The van der Waals surface area contributed by atoms with Crippen LogP contribution in [-0.2, 0) is 0 Å². The molecule has 2 rings (SSSR count). The number of nitrogens with one attached hydrogen (secondary N) is 1. The molecule has 0 saturated heterocycles. The molecule has 2 aromatic carbocycles. The number of carbonyl (C=O) groups is 2. The SMILES string of the molecule is Cc1cccc(NC(=O)c2ccc(I)c(O)c2)c1C(=O)O. The highest BCUT2D eigenvalue weighted by Gasteiger charge is 2.16. The summed E-state index contributed by atoms with van der Waals surface area (Å²) in [6.07, 6.45) is 0. The third-order valence-corrected chi connectivity index (χ3v) is 3.86. The van der Waals surface area contributed by atoms with Gasteiger partial charge in [-0.1, -0.05) is 12.1 Å². The van der Waals surface area contributed by atoms with E-state index in [-0.39, 0.29) is 22.6 Å².